The highest BCUT2D eigenvalue weighted by molar-refractivity contribution is 7.89. The van der Waals surface area contributed by atoms with Gasteiger partial charge in [-0.15, -0.1) is 0 Å². The molecule has 0 atom stereocenters. The minimum absolute atomic E-state index is 0.412. The van der Waals surface area contributed by atoms with E-state index in [1.54, 1.807) is 19.2 Å². The van der Waals surface area contributed by atoms with Gasteiger partial charge in [-0.1, -0.05) is 18.2 Å². The van der Waals surface area contributed by atoms with Crippen LogP contribution in [0.4, 0.5) is 0 Å². The molecule has 0 unspecified atom stereocenters. The van der Waals surface area contributed by atoms with Crippen molar-refractivity contribution in [2.24, 2.45) is 5.92 Å². The summed E-state index contributed by atoms with van der Waals surface area (Å²) in [7, 11) is -1.68. The smallest absolute Gasteiger partial charge is 0.243 e. The van der Waals surface area contributed by atoms with E-state index in [-0.39, 0.29) is 0 Å². The second-order valence-electron chi connectivity index (χ2n) is 4.58. The standard InChI is InChI=1S/C12H18N2O2S/c1-10-5-3-4-6-12(10)17(15,16)14(2)9-11-7-13-8-11/h3-6,11,13H,7-9H2,1-2H3. The van der Waals surface area contributed by atoms with Gasteiger partial charge in [0.25, 0.3) is 0 Å². The molecule has 17 heavy (non-hydrogen) atoms. The van der Waals surface area contributed by atoms with Gasteiger partial charge in [0.2, 0.25) is 10.0 Å². The van der Waals surface area contributed by atoms with Crippen molar-refractivity contribution < 1.29 is 8.42 Å². The molecule has 1 aliphatic heterocycles. The third kappa shape index (κ3) is 2.51. The highest BCUT2D eigenvalue weighted by Crippen LogP contribution is 2.19. The summed E-state index contributed by atoms with van der Waals surface area (Å²) in [5.74, 6) is 0.443. The number of hydrogen-bond acceptors (Lipinski definition) is 3. The van der Waals surface area contributed by atoms with Crippen molar-refractivity contribution in [1.29, 1.82) is 0 Å². The van der Waals surface area contributed by atoms with Crippen LogP contribution in [0.2, 0.25) is 0 Å². The van der Waals surface area contributed by atoms with Gasteiger partial charge in [0, 0.05) is 26.7 Å². The molecule has 1 N–H and O–H groups in total. The van der Waals surface area contributed by atoms with Crippen LogP contribution in [0.1, 0.15) is 5.56 Å². The van der Waals surface area contributed by atoms with Gasteiger partial charge in [0.1, 0.15) is 0 Å². The molecule has 0 saturated carbocycles. The Morgan fingerprint density at radius 2 is 2.00 bits per heavy atom. The van der Waals surface area contributed by atoms with E-state index in [4.69, 9.17) is 0 Å². The number of rotatable bonds is 4. The maximum absolute atomic E-state index is 12.3. The topological polar surface area (TPSA) is 49.4 Å². The monoisotopic (exact) mass is 254 g/mol. The number of hydrogen-bond donors (Lipinski definition) is 1. The second kappa shape index (κ2) is 4.76. The van der Waals surface area contributed by atoms with Gasteiger partial charge in [-0.3, -0.25) is 0 Å². The van der Waals surface area contributed by atoms with Crippen molar-refractivity contribution in [3.63, 3.8) is 0 Å². The summed E-state index contributed by atoms with van der Waals surface area (Å²) in [4.78, 5) is 0.412. The number of nitrogens with one attached hydrogen (secondary N) is 1. The van der Waals surface area contributed by atoms with Gasteiger partial charge in [-0.2, -0.15) is 0 Å². The summed E-state index contributed by atoms with van der Waals surface area (Å²) in [5.41, 5.74) is 0.797. The van der Waals surface area contributed by atoms with E-state index < -0.39 is 10.0 Å². The second-order valence-corrected chi connectivity index (χ2v) is 6.59. The van der Waals surface area contributed by atoms with Crippen LogP contribution in [0.5, 0.6) is 0 Å². The van der Waals surface area contributed by atoms with E-state index >= 15 is 0 Å². The molecule has 1 fully saturated rings. The van der Waals surface area contributed by atoms with E-state index in [1.807, 2.05) is 19.1 Å². The molecule has 5 heteroatoms. The van der Waals surface area contributed by atoms with Crippen molar-refractivity contribution in [2.45, 2.75) is 11.8 Å². The van der Waals surface area contributed by atoms with Crippen molar-refractivity contribution in [3.05, 3.63) is 29.8 Å². The van der Waals surface area contributed by atoms with Crippen LogP contribution >= 0.6 is 0 Å². The SMILES string of the molecule is Cc1ccccc1S(=O)(=O)N(C)CC1CNC1. The third-order valence-electron chi connectivity index (χ3n) is 3.16. The van der Waals surface area contributed by atoms with Crippen molar-refractivity contribution in [3.8, 4) is 0 Å². The first-order valence-corrected chi connectivity index (χ1v) is 7.18. The number of aryl methyl sites for hydroxylation is 1. The van der Waals surface area contributed by atoms with Gasteiger partial charge in [-0.25, -0.2) is 12.7 Å². The van der Waals surface area contributed by atoms with E-state index in [0.29, 0.717) is 17.4 Å². The van der Waals surface area contributed by atoms with Crippen LogP contribution in [0.3, 0.4) is 0 Å². The molecule has 1 aromatic carbocycles. The predicted octanol–water partition coefficient (Wildman–Crippen LogP) is 0.835. The molecule has 94 valence electrons. The Balaban J connectivity index is 2.20. The minimum Gasteiger partial charge on any atom is -0.316 e. The average Bonchev–Trinajstić information content (AvgIpc) is 2.23. The minimum atomic E-state index is -3.34. The molecule has 1 heterocycles. The fourth-order valence-electron chi connectivity index (χ4n) is 1.95. The maximum atomic E-state index is 12.3. The van der Waals surface area contributed by atoms with Crippen LogP contribution < -0.4 is 5.32 Å². The largest absolute Gasteiger partial charge is 0.316 e. The first kappa shape index (κ1) is 12.5. The molecule has 1 saturated heterocycles. The molecule has 0 radical (unpaired) electrons. The van der Waals surface area contributed by atoms with Crippen LogP contribution in [0.25, 0.3) is 0 Å². The van der Waals surface area contributed by atoms with Gasteiger partial charge in [-0.05, 0) is 24.5 Å². The Hall–Kier alpha value is -0.910. The van der Waals surface area contributed by atoms with Crippen molar-refractivity contribution in [1.82, 2.24) is 9.62 Å². The highest BCUT2D eigenvalue weighted by atomic mass is 32.2. The molecule has 1 aliphatic rings. The van der Waals surface area contributed by atoms with Gasteiger partial charge in [0.05, 0.1) is 4.90 Å². The highest BCUT2D eigenvalue weighted by Gasteiger charge is 2.27. The lowest BCUT2D eigenvalue weighted by molar-refractivity contribution is 0.288. The zero-order valence-electron chi connectivity index (χ0n) is 10.2. The van der Waals surface area contributed by atoms with Crippen LogP contribution in [0.15, 0.2) is 29.2 Å². The summed E-state index contributed by atoms with van der Waals surface area (Å²) in [5, 5.41) is 3.15. The Bertz CT molecular complexity index is 495. The summed E-state index contributed by atoms with van der Waals surface area (Å²) in [6.45, 7) is 4.23. The molecule has 1 aromatic rings. The molecule has 0 spiro atoms. The van der Waals surface area contributed by atoms with Gasteiger partial charge >= 0.3 is 0 Å². The lowest BCUT2D eigenvalue weighted by Gasteiger charge is -2.31. The summed E-state index contributed by atoms with van der Waals surface area (Å²) >= 11 is 0. The molecule has 0 aliphatic carbocycles. The molecule has 4 nitrogen and oxygen atoms in total. The maximum Gasteiger partial charge on any atom is 0.243 e. The molecule has 2 rings (SSSR count). The number of benzene rings is 1. The number of sulfonamides is 1. The van der Waals surface area contributed by atoms with Crippen LogP contribution in [0, 0.1) is 12.8 Å². The molecule has 0 bridgehead atoms. The lowest BCUT2D eigenvalue weighted by atomic mass is 10.0. The summed E-state index contributed by atoms with van der Waals surface area (Å²) in [6.07, 6.45) is 0. The Kier molecular flexibility index (Phi) is 3.51. The first-order chi connectivity index (χ1) is 8.01. The molecular weight excluding hydrogens is 236 g/mol. The Morgan fingerprint density at radius 1 is 1.35 bits per heavy atom. The van der Waals surface area contributed by atoms with Crippen molar-refractivity contribution >= 4 is 10.0 Å². The van der Waals surface area contributed by atoms with E-state index in [2.05, 4.69) is 5.32 Å². The summed E-state index contributed by atoms with van der Waals surface area (Å²) in [6, 6.07) is 7.11. The van der Waals surface area contributed by atoms with E-state index in [9.17, 15) is 8.42 Å². The van der Waals surface area contributed by atoms with Crippen LogP contribution in [-0.2, 0) is 10.0 Å². The average molecular weight is 254 g/mol. The Labute approximate surface area is 103 Å². The Morgan fingerprint density at radius 3 is 2.53 bits per heavy atom. The number of nitrogens with zero attached hydrogens (tertiary/aromatic N) is 1. The van der Waals surface area contributed by atoms with Crippen molar-refractivity contribution in [2.75, 3.05) is 26.7 Å². The van der Waals surface area contributed by atoms with Crippen LogP contribution in [-0.4, -0.2) is 39.4 Å². The molecular formula is C12H18N2O2S. The summed E-state index contributed by atoms with van der Waals surface area (Å²) < 4.78 is 26.1. The van der Waals surface area contributed by atoms with Gasteiger partial charge in [0.15, 0.2) is 0 Å². The fraction of sp³-hybridized carbons (Fsp3) is 0.500. The lowest BCUT2D eigenvalue weighted by Crippen LogP contribution is -2.48. The normalized spacial score (nSPS) is 17.1. The predicted molar refractivity (Wildman–Crippen MR) is 67.4 cm³/mol. The molecule has 0 amide bonds. The zero-order chi connectivity index (χ0) is 12.5. The van der Waals surface area contributed by atoms with E-state index in [1.165, 1.54) is 4.31 Å². The van der Waals surface area contributed by atoms with Gasteiger partial charge < -0.3 is 5.32 Å². The quantitative estimate of drug-likeness (QED) is 0.866. The fourth-order valence-corrected chi connectivity index (χ4v) is 3.42. The van der Waals surface area contributed by atoms with E-state index in [0.717, 1.165) is 18.7 Å². The first-order valence-electron chi connectivity index (χ1n) is 5.74. The zero-order valence-corrected chi connectivity index (χ0v) is 11.0. The third-order valence-corrected chi connectivity index (χ3v) is 5.15. The molecule has 0 aromatic heterocycles.